The van der Waals surface area contributed by atoms with E-state index in [9.17, 15) is 4.79 Å². The highest BCUT2D eigenvalue weighted by atomic mass is 32.2. The number of aromatic nitrogens is 2. The fraction of sp³-hybridized carbons (Fsp3) is 0.100. The molecule has 0 bridgehead atoms. The van der Waals surface area contributed by atoms with Crippen molar-refractivity contribution in [2.24, 2.45) is 0 Å². The summed E-state index contributed by atoms with van der Waals surface area (Å²) in [6, 6.07) is 6.70. The first kappa shape index (κ1) is 11.1. The smallest absolute Gasteiger partial charge is 0.335 e. The maximum Gasteiger partial charge on any atom is 0.335 e. The normalized spacial score (nSPS) is 10.3. The van der Waals surface area contributed by atoms with Crippen molar-refractivity contribution in [3.05, 3.63) is 35.7 Å². The van der Waals surface area contributed by atoms with Gasteiger partial charge in [0.05, 0.1) is 5.56 Å². The Morgan fingerprint density at radius 1 is 1.38 bits per heavy atom. The number of carboxylic acid groups (broad SMARTS) is 1. The Labute approximate surface area is 101 Å². The Bertz CT molecular complexity index is 508. The van der Waals surface area contributed by atoms with Crippen LogP contribution in [0, 0.1) is 6.92 Å². The van der Waals surface area contributed by atoms with Crippen molar-refractivity contribution in [1.82, 2.24) is 9.36 Å². The van der Waals surface area contributed by atoms with Crippen molar-refractivity contribution < 1.29 is 9.90 Å². The standard InChI is InChI=1S/C10H8N2O2S2/c1-6-11-10(16-12-6)15-8-4-2-7(3-5-8)9(13)14/h2-5H,1H3,(H,13,14). The average molecular weight is 252 g/mol. The molecule has 2 rings (SSSR count). The number of aryl methyl sites for hydroxylation is 1. The molecule has 0 aliphatic carbocycles. The molecule has 0 aliphatic heterocycles. The van der Waals surface area contributed by atoms with Crippen LogP contribution in [0.1, 0.15) is 16.2 Å². The highest BCUT2D eigenvalue weighted by Gasteiger charge is 2.05. The lowest BCUT2D eigenvalue weighted by Gasteiger charge is -1.97. The SMILES string of the molecule is Cc1nsc(Sc2ccc(C(=O)O)cc2)n1. The minimum Gasteiger partial charge on any atom is -0.478 e. The largest absolute Gasteiger partial charge is 0.478 e. The molecule has 1 aromatic heterocycles. The molecular formula is C10H8N2O2S2. The van der Waals surface area contributed by atoms with Crippen LogP contribution in [0.15, 0.2) is 33.5 Å². The second-order valence-corrected chi connectivity index (χ2v) is 5.11. The van der Waals surface area contributed by atoms with E-state index >= 15 is 0 Å². The van der Waals surface area contributed by atoms with Gasteiger partial charge in [-0.25, -0.2) is 9.78 Å². The van der Waals surface area contributed by atoms with E-state index in [0.29, 0.717) is 0 Å². The maximum absolute atomic E-state index is 10.6. The van der Waals surface area contributed by atoms with E-state index in [1.54, 1.807) is 24.3 Å². The van der Waals surface area contributed by atoms with E-state index in [1.807, 2.05) is 6.92 Å². The van der Waals surface area contributed by atoms with E-state index in [2.05, 4.69) is 9.36 Å². The van der Waals surface area contributed by atoms with Gasteiger partial charge in [-0.05, 0) is 42.7 Å². The molecular weight excluding hydrogens is 244 g/mol. The summed E-state index contributed by atoms with van der Waals surface area (Å²) in [5.41, 5.74) is 0.290. The van der Waals surface area contributed by atoms with Gasteiger partial charge in [0.25, 0.3) is 0 Å². The molecule has 0 amide bonds. The first-order chi connectivity index (χ1) is 7.65. The quantitative estimate of drug-likeness (QED) is 0.910. The number of benzene rings is 1. The Morgan fingerprint density at radius 3 is 2.56 bits per heavy atom. The Hall–Kier alpha value is -1.40. The summed E-state index contributed by atoms with van der Waals surface area (Å²) in [7, 11) is 0. The highest BCUT2D eigenvalue weighted by Crippen LogP contribution is 2.28. The molecule has 0 saturated heterocycles. The summed E-state index contributed by atoms with van der Waals surface area (Å²) in [4.78, 5) is 15.8. The molecule has 1 N–H and O–H groups in total. The van der Waals surface area contributed by atoms with Crippen LogP contribution in [0.5, 0.6) is 0 Å². The van der Waals surface area contributed by atoms with Crippen LogP contribution in [-0.4, -0.2) is 20.4 Å². The van der Waals surface area contributed by atoms with Crippen LogP contribution < -0.4 is 0 Å². The molecule has 0 spiro atoms. The van der Waals surface area contributed by atoms with Crippen molar-refractivity contribution in [3.8, 4) is 0 Å². The Morgan fingerprint density at radius 2 is 2.06 bits per heavy atom. The van der Waals surface area contributed by atoms with Gasteiger partial charge in [0.1, 0.15) is 5.82 Å². The third-order valence-electron chi connectivity index (χ3n) is 1.82. The molecule has 0 atom stereocenters. The number of hydrogen-bond donors (Lipinski definition) is 1. The van der Waals surface area contributed by atoms with Crippen molar-refractivity contribution in [3.63, 3.8) is 0 Å². The lowest BCUT2D eigenvalue weighted by Crippen LogP contribution is -1.94. The molecule has 4 nitrogen and oxygen atoms in total. The lowest BCUT2D eigenvalue weighted by atomic mass is 10.2. The molecule has 1 aromatic carbocycles. The lowest BCUT2D eigenvalue weighted by molar-refractivity contribution is 0.0697. The third kappa shape index (κ3) is 2.59. The fourth-order valence-corrected chi connectivity index (χ4v) is 2.71. The fourth-order valence-electron chi connectivity index (χ4n) is 1.09. The molecule has 0 saturated carbocycles. The van der Waals surface area contributed by atoms with Gasteiger partial charge in [-0.1, -0.05) is 11.8 Å². The minimum absolute atomic E-state index is 0.290. The number of hydrogen-bond acceptors (Lipinski definition) is 5. The average Bonchev–Trinajstić information content (AvgIpc) is 2.65. The van der Waals surface area contributed by atoms with Crippen LogP contribution in [0.4, 0.5) is 0 Å². The molecule has 1 heterocycles. The van der Waals surface area contributed by atoms with Gasteiger partial charge in [0.15, 0.2) is 4.34 Å². The zero-order valence-electron chi connectivity index (χ0n) is 8.38. The number of aromatic carboxylic acids is 1. The number of carbonyl (C=O) groups is 1. The molecule has 0 fully saturated rings. The number of carboxylic acids is 1. The van der Waals surface area contributed by atoms with Gasteiger partial charge in [0, 0.05) is 4.90 Å². The number of rotatable bonds is 3. The van der Waals surface area contributed by atoms with E-state index < -0.39 is 5.97 Å². The Balaban J connectivity index is 2.14. The van der Waals surface area contributed by atoms with E-state index in [-0.39, 0.29) is 5.56 Å². The molecule has 0 aliphatic rings. The van der Waals surface area contributed by atoms with E-state index in [4.69, 9.17) is 5.11 Å². The zero-order valence-corrected chi connectivity index (χ0v) is 10.0. The molecule has 16 heavy (non-hydrogen) atoms. The van der Waals surface area contributed by atoms with Gasteiger partial charge in [-0.15, -0.1) is 0 Å². The predicted octanol–water partition coefficient (Wildman–Crippen LogP) is 2.70. The molecule has 2 aromatic rings. The van der Waals surface area contributed by atoms with E-state index in [1.165, 1.54) is 23.3 Å². The summed E-state index contributed by atoms with van der Waals surface area (Å²) in [5.74, 6) is -0.155. The van der Waals surface area contributed by atoms with Crippen molar-refractivity contribution in [2.75, 3.05) is 0 Å². The van der Waals surface area contributed by atoms with Crippen molar-refractivity contribution in [1.29, 1.82) is 0 Å². The van der Waals surface area contributed by atoms with Crippen LogP contribution in [-0.2, 0) is 0 Å². The second-order valence-electron chi connectivity index (χ2n) is 3.04. The topological polar surface area (TPSA) is 63.1 Å². The summed E-state index contributed by atoms with van der Waals surface area (Å²) in [5, 5.41) is 8.74. The summed E-state index contributed by atoms with van der Waals surface area (Å²) in [6.45, 7) is 1.84. The van der Waals surface area contributed by atoms with Crippen molar-refractivity contribution >= 4 is 29.3 Å². The van der Waals surface area contributed by atoms with Crippen molar-refractivity contribution in [2.45, 2.75) is 16.2 Å². The minimum atomic E-state index is -0.914. The maximum atomic E-state index is 10.6. The highest BCUT2D eigenvalue weighted by molar-refractivity contribution is 8.01. The van der Waals surface area contributed by atoms with Gasteiger partial charge in [-0.2, -0.15) is 4.37 Å². The summed E-state index contributed by atoms with van der Waals surface area (Å²) >= 11 is 2.82. The second kappa shape index (κ2) is 4.63. The van der Waals surface area contributed by atoms with Gasteiger partial charge in [-0.3, -0.25) is 0 Å². The van der Waals surface area contributed by atoms with E-state index in [0.717, 1.165) is 15.1 Å². The van der Waals surface area contributed by atoms with Crippen LogP contribution in [0.25, 0.3) is 0 Å². The summed E-state index contributed by atoms with van der Waals surface area (Å²) < 4.78 is 4.94. The van der Waals surface area contributed by atoms with Gasteiger partial charge < -0.3 is 5.11 Å². The predicted molar refractivity (Wildman–Crippen MR) is 62.2 cm³/mol. The first-order valence-electron chi connectivity index (χ1n) is 4.46. The van der Waals surface area contributed by atoms with Gasteiger partial charge in [0.2, 0.25) is 0 Å². The van der Waals surface area contributed by atoms with Crippen LogP contribution in [0.2, 0.25) is 0 Å². The molecule has 0 unspecified atom stereocenters. The molecule has 6 heteroatoms. The van der Waals surface area contributed by atoms with Gasteiger partial charge >= 0.3 is 5.97 Å². The monoisotopic (exact) mass is 252 g/mol. The molecule has 0 radical (unpaired) electrons. The van der Waals surface area contributed by atoms with Crippen LogP contribution in [0.3, 0.4) is 0 Å². The zero-order chi connectivity index (χ0) is 11.5. The molecule has 82 valence electrons. The summed E-state index contributed by atoms with van der Waals surface area (Å²) in [6.07, 6.45) is 0. The number of nitrogens with zero attached hydrogens (tertiary/aromatic N) is 2. The Kier molecular flexibility index (Phi) is 3.21. The van der Waals surface area contributed by atoms with Crippen LogP contribution >= 0.6 is 23.3 Å². The first-order valence-corrected chi connectivity index (χ1v) is 6.05. The third-order valence-corrected chi connectivity index (χ3v) is 3.67.